The summed E-state index contributed by atoms with van der Waals surface area (Å²) in [6.07, 6.45) is 2.51. The van der Waals surface area contributed by atoms with E-state index in [1.165, 1.54) is 0 Å². The van der Waals surface area contributed by atoms with Crippen LogP contribution in [0.4, 0.5) is 0 Å². The van der Waals surface area contributed by atoms with E-state index < -0.39 is 0 Å². The molecule has 2 aromatic heterocycles. The summed E-state index contributed by atoms with van der Waals surface area (Å²) >= 11 is 0. The first-order valence-corrected chi connectivity index (χ1v) is 7.27. The van der Waals surface area contributed by atoms with Crippen LogP contribution in [0.5, 0.6) is 0 Å². The first kappa shape index (κ1) is 16.0. The smallest absolute Gasteiger partial charge is 0.272 e. The number of rotatable bonds is 8. The van der Waals surface area contributed by atoms with Crippen molar-refractivity contribution in [3.8, 4) is 0 Å². The molecule has 0 atom stereocenters. The molecule has 2 rings (SSSR count). The molecule has 0 saturated carbocycles. The van der Waals surface area contributed by atoms with Gasteiger partial charge in [-0.15, -0.1) is 0 Å². The SMILES string of the molecule is CCOCCCNC(=O)CNC(=O)c1cc2ccccn2n1. The molecule has 0 aliphatic rings. The Labute approximate surface area is 128 Å². The Morgan fingerprint density at radius 2 is 2.18 bits per heavy atom. The molecule has 2 aromatic rings. The molecule has 2 heterocycles. The van der Waals surface area contributed by atoms with Crippen LogP contribution in [0.25, 0.3) is 5.52 Å². The Morgan fingerprint density at radius 1 is 1.32 bits per heavy atom. The van der Waals surface area contributed by atoms with Crippen molar-refractivity contribution in [3.05, 3.63) is 36.2 Å². The van der Waals surface area contributed by atoms with E-state index in [2.05, 4.69) is 15.7 Å². The van der Waals surface area contributed by atoms with Gasteiger partial charge in [0.1, 0.15) is 0 Å². The minimum absolute atomic E-state index is 0.0681. The lowest BCUT2D eigenvalue weighted by Crippen LogP contribution is -2.37. The van der Waals surface area contributed by atoms with E-state index >= 15 is 0 Å². The molecule has 0 unspecified atom stereocenters. The summed E-state index contributed by atoms with van der Waals surface area (Å²) in [7, 11) is 0. The molecule has 0 spiro atoms. The van der Waals surface area contributed by atoms with Crippen LogP contribution in [0.3, 0.4) is 0 Å². The van der Waals surface area contributed by atoms with Crippen molar-refractivity contribution >= 4 is 17.3 Å². The van der Waals surface area contributed by atoms with Crippen LogP contribution in [-0.2, 0) is 9.53 Å². The first-order valence-electron chi connectivity index (χ1n) is 7.27. The molecular weight excluding hydrogens is 284 g/mol. The van der Waals surface area contributed by atoms with Crippen LogP contribution in [0.2, 0.25) is 0 Å². The van der Waals surface area contributed by atoms with Crippen LogP contribution in [0, 0.1) is 0 Å². The van der Waals surface area contributed by atoms with Crippen LogP contribution in [0.1, 0.15) is 23.8 Å². The summed E-state index contributed by atoms with van der Waals surface area (Å²) in [5.74, 6) is -0.596. The number of ether oxygens (including phenoxy) is 1. The number of nitrogens with one attached hydrogen (secondary N) is 2. The minimum Gasteiger partial charge on any atom is -0.382 e. The van der Waals surface area contributed by atoms with Crippen LogP contribution in [0.15, 0.2) is 30.5 Å². The molecule has 0 fully saturated rings. The lowest BCUT2D eigenvalue weighted by molar-refractivity contribution is -0.120. The predicted molar refractivity (Wildman–Crippen MR) is 81.6 cm³/mol. The monoisotopic (exact) mass is 304 g/mol. The third-order valence-electron chi connectivity index (χ3n) is 3.00. The third-order valence-corrected chi connectivity index (χ3v) is 3.00. The van der Waals surface area contributed by atoms with Crippen molar-refractivity contribution in [1.29, 1.82) is 0 Å². The number of aromatic nitrogens is 2. The van der Waals surface area contributed by atoms with Gasteiger partial charge in [0.05, 0.1) is 12.1 Å². The molecule has 7 heteroatoms. The van der Waals surface area contributed by atoms with Gasteiger partial charge in [-0.1, -0.05) is 6.07 Å². The van der Waals surface area contributed by atoms with E-state index in [4.69, 9.17) is 4.74 Å². The number of carbonyl (C=O) groups excluding carboxylic acids is 2. The van der Waals surface area contributed by atoms with Gasteiger partial charge in [-0.05, 0) is 31.5 Å². The van der Waals surface area contributed by atoms with Gasteiger partial charge in [-0.2, -0.15) is 5.10 Å². The molecule has 0 aliphatic heterocycles. The van der Waals surface area contributed by atoms with Crippen molar-refractivity contribution in [1.82, 2.24) is 20.2 Å². The second-order valence-corrected chi connectivity index (χ2v) is 4.68. The fraction of sp³-hybridized carbons (Fsp3) is 0.400. The van der Waals surface area contributed by atoms with E-state index in [1.54, 1.807) is 16.8 Å². The van der Waals surface area contributed by atoms with Crippen molar-refractivity contribution in [3.63, 3.8) is 0 Å². The molecule has 0 bridgehead atoms. The molecule has 0 radical (unpaired) electrons. The number of fused-ring (bicyclic) bond motifs is 1. The van der Waals surface area contributed by atoms with Crippen molar-refractivity contribution < 1.29 is 14.3 Å². The highest BCUT2D eigenvalue weighted by Crippen LogP contribution is 2.05. The molecule has 2 amide bonds. The molecule has 7 nitrogen and oxygen atoms in total. The number of hydrogen-bond acceptors (Lipinski definition) is 4. The molecule has 0 saturated heterocycles. The summed E-state index contributed by atoms with van der Waals surface area (Å²) in [6.45, 7) is 3.67. The zero-order valence-electron chi connectivity index (χ0n) is 12.5. The zero-order valence-corrected chi connectivity index (χ0v) is 12.5. The van der Waals surface area contributed by atoms with Gasteiger partial charge >= 0.3 is 0 Å². The van der Waals surface area contributed by atoms with E-state index in [-0.39, 0.29) is 24.1 Å². The highest BCUT2D eigenvalue weighted by Gasteiger charge is 2.11. The van der Waals surface area contributed by atoms with Crippen molar-refractivity contribution in [2.75, 3.05) is 26.3 Å². The predicted octanol–water partition coefficient (Wildman–Crippen LogP) is 0.607. The molecular formula is C15H20N4O3. The van der Waals surface area contributed by atoms with Gasteiger partial charge in [-0.3, -0.25) is 9.59 Å². The Morgan fingerprint density at radius 3 is 2.95 bits per heavy atom. The Hall–Kier alpha value is -2.41. The summed E-state index contributed by atoms with van der Waals surface area (Å²) in [4.78, 5) is 23.5. The van der Waals surface area contributed by atoms with Gasteiger partial charge in [0.2, 0.25) is 5.91 Å². The minimum atomic E-state index is -0.367. The summed E-state index contributed by atoms with van der Waals surface area (Å²) in [5, 5.41) is 9.41. The maximum atomic E-state index is 11.9. The summed E-state index contributed by atoms with van der Waals surface area (Å²) in [6, 6.07) is 7.23. The van der Waals surface area contributed by atoms with Gasteiger partial charge in [0, 0.05) is 26.0 Å². The van der Waals surface area contributed by atoms with Crippen molar-refractivity contribution in [2.45, 2.75) is 13.3 Å². The highest BCUT2D eigenvalue weighted by atomic mass is 16.5. The Kier molecular flexibility index (Phi) is 5.91. The van der Waals surface area contributed by atoms with Crippen LogP contribution in [-0.4, -0.2) is 47.7 Å². The lowest BCUT2D eigenvalue weighted by Gasteiger charge is -2.06. The average Bonchev–Trinajstić information content (AvgIpc) is 2.96. The third kappa shape index (κ3) is 4.56. The average molecular weight is 304 g/mol. The van der Waals surface area contributed by atoms with E-state index in [0.29, 0.717) is 19.8 Å². The summed E-state index contributed by atoms with van der Waals surface area (Å²) in [5.41, 5.74) is 1.11. The second kappa shape index (κ2) is 8.14. The van der Waals surface area contributed by atoms with Gasteiger partial charge < -0.3 is 15.4 Å². The number of hydrogen-bond donors (Lipinski definition) is 2. The number of pyridine rings is 1. The number of nitrogens with zero attached hydrogens (tertiary/aromatic N) is 2. The van der Waals surface area contributed by atoms with Gasteiger partial charge in [0.25, 0.3) is 5.91 Å². The molecule has 0 aromatic carbocycles. The second-order valence-electron chi connectivity index (χ2n) is 4.68. The van der Waals surface area contributed by atoms with Gasteiger partial charge in [0.15, 0.2) is 5.69 Å². The Balaban J connectivity index is 1.74. The van der Waals surface area contributed by atoms with Gasteiger partial charge in [-0.25, -0.2) is 4.52 Å². The molecule has 118 valence electrons. The first-order chi connectivity index (χ1) is 10.7. The summed E-state index contributed by atoms with van der Waals surface area (Å²) < 4.78 is 6.78. The fourth-order valence-corrected chi connectivity index (χ4v) is 1.91. The normalized spacial score (nSPS) is 10.6. The van der Waals surface area contributed by atoms with E-state index in [1.807, 2.05) is 25.1 Å². The Bertz CT molecular complexity index is 606. The molecule has 22 heavy (non-hydrogen) atoms. The quantitative estimate of drug-likeness (QED) is 0.700. The number of amides is 2. The lowest BCUT2D eigenvalue weighted by atomic mass is 10.3. The topological polar surface area (TPSA) is 84.7 Å². The molecule has 0 aliphatic carbocycles. The van der Waals surface area contributed by atoms with Crippen LogP contribution < -0.4 is 10.6 Å². The van der Waals surface area contributed by atoms with Crippen molar-refractivity contribution in [2.24, 2.45) is 0 Å². The van der Waals surface area contributed by atoms with E-state index in [9.17, 15) is 9.59 Å². The molecule has 2 N–H and O–H groups in total. The van der Waals surface area contributed by atoms with Crippen LogP contribution >= 0.6 is 0 Å². The highest BCUT2D eigenvalue weighted by molar-refractivity contribution is 5.95. The maximum Gasteiger partial charge on any atom is 0.272 e. The zero-order chi connectivity index (χ0) is 15.8. The maximum absolute atomic E-state index is 11.9. The number of carbonyl (C=O) groups is 2. The largest absolute Gasteiger partial charge is 0.382 e. The standard InChI is InChI=1S/C15H20N4O3/c1-2-22-9-5-7-16-14(20)11-17-15(21)13-10-12-6-3-4-8-19(12)18-13/h3-4,6,8,10H,2,5,7,9,11H2,1H3,(H,16,20)(H,17,21). The fourth-order valence-electron chi connectivity index (χ4n) is 1.91. The van der Waals surface area contributed by atoms with E-state index in [0.717, 1.165) is 11.9 Å².